The average molecular weight is 246 g/mol. The van der Waals surface area contributed by atoms with Crippen LogP contribution in [0.15, 0.2) is 24.3 Å². The number of carbonyl (C=O) groups excluding carboxylic acids is 1. The number of hydrogen-bond donors (Lipinski definition) is 0. The number of ether oxygens (including phenoxy) is 1. The number of Topliss-reactive ketones (excluding diaryl/α,β-unsaturated/α-hetero) is 1. The van der Waals surface area contributed by atoms with E-state index in [9.17, 15) is 4.79 Å². The molecule has 0 aliphatic heterocycles. The van der Waals surface area contributed by atoms with Gasteiger partial charge in [0, 0.05) is 11.8 Å². The third-order valence-electron chi connectivity index (χ3n) is 4.13. The normalized spacial score (nSPS) is 18.3. The first-order chi connectivity index (χ1) is 8.64. The minimum Gasteiger partial charge on any atom is -0.497 e. The molecule has 0 N–H and O–H groups in total. The zero-order valence-corrected chi connectivity index (χ0v) is 11.4. The van der Waals surface area contributed by atoms with Crippen molar-refractivity contribution in [1.29, 1.82) is 0 Å². The zero-order valence-electron chi connectivity index (χ0n) is 11.4. The zero-order chi connectivity index (χ0) is 13.0. The van der Waals surface area contributed by atoms with E-state index in [4.69, 9.17) is 4.74 Å². The molecule has 0 unspecified atom stereocenters. The quantitative estimate of drug-likeness (QED) is 0.808. The van der Waals surface area contributed by atoms with Gasteiger partial charge in [0.15, 0.2) is 0 Å². The highest BCUT2D eigenvalue weighted by Crippen LogP contribution is 2.37. The van der Waals surface area contributed by atoms with E-state index >= 15 is 0 Å². The average Bonchev–Trinajstić information content (AvgIpc) is 2.40. The Morgan fingerprint density at radius 1 is 1.28 bits per heavy atom. The van der Waals surface area contributed by atoms with Crippen molar-refractivity contribution in [3.05, 3.63) is 29.8 Å². The molecule has 2 heteroatoms. The lowest BCUT2D eigenvalue weighted by molar-refractivity contribution is -0.128. The van der Waals surface area contributed by atoms with Gasteiger partial charge in [0.2, 0.25) is 0 Å². The number of hydrogen-bond acceptors (Lipinski definition) is 2. The molecular formula is C16H22O2. The molecule has 1 saturated carbocycles. The summed E-state index contributed by atoms with van der Waals surface area (Å²) in [6, 6.07) is 7.83. The molecule has 0 amide bonds. The summed E-state index contributed by atoms with van der Waals surface area (Å²) in [4.78, 5) is 12.4. The van der Waals surface area contributed by atoms with E-state index in [0.717, 1.165) is 24.2 Å². The first-order valence-electron chi connectivity index (χ1n) is 6.80. The van der Waals surface area contributed by atoms with Gasteiger partial charge in [-0.15, -0.1) is 0 Å². The Morgan fingerprint density at radius 3 is 2.67 bits per heavy atom. The van der Waals surface area contributed by atoms with Gasteiger partial charge in [-0.1, -0.05) is 38.3 Å². The van der Waals surface area contributed by atoms with Gasteiger partial charge in [0.25, 0.3) is 0 Å². The van der Waals surface area contributed by atoms with Gasteiger partial charge in [0.05, 0.1) is 7.11 Å². The van der Waals surface area contributed by atoms with Crippen LogP contribution in [0.4, 0.5) is 0 Å². The lowest BCUT2D eigenvalue weighted by atomic mass is 9.71. The highest BCUT2D eigenvalue weighted by atomic mass is 16.5. The maximum absolute atomic E-state index is 12.4. The Labute approximate surface area is 109 Å². The second-order valence-corrected chi connectivity index (χ2v) is 5.57. The summed E-state index contributed by atoms with van der Waals surface area (Å²) in [5.74, 6) is 1.21. The van der Waals surface area contributed by atoms with Crippen LogP contribution in [0.25, 0.3) is 0 Å². The number of carbonyl (C=O) groups is 1. The first kappa shape index (κ1) is 13.1. The fraction of sp³-hybridized carbons (Fsp3) is 0.562. The van der Waals surface area contributed by atoms with Crippen molar-refractivity contribution < 1.29 is 9.53 Å². The van der Waals surface area contributed by atoms with Gasteiger partial charge >= 0.3 is 0 Å². The van der Waals surface area contributed by atoms with Crippen LogP contribution < -0.4 is 4.74 Å². The van der Waals surface area contributed by atoms with Crippen molar-refractivity contribution in [1.82, 2.24) is 0 Å². The lowest BCUT2D eigenvalue weighted by Crippen LogP contribution is -2.31. The van der Waals surface area contributed by atoms with E-state index in [2.05, 4.69) is 6.92 Å². The maximum Gasteiger partial charge on any atom is 0.143 e. The van der Waals surface area contributed by atoms with E-state index in [0.29, 0.717) is 12.2 Å². The fourth-order valence-corrected chi connectivity index (χ4v) is 2.79. The molecule has 0 bridgehead atoms. The van der Waals surface area contributed by atoms with Crippen molar-refractivity contribution in [2.24, 2.45) is 5.41 Å². The van der Waals surface area contributed by atoms with Gasteiger partial charge in [-0.25, -0.2) is 0 Å². The van der Waals surface area contributed by atoms with Crippen molar-refractivity contribution >= 4 is 5.78 Å². The topological polar surface area (TPSA) is 26.3 Å². The Hall–Kier alpha value is -1.31. The predicted octanol–water partition coefficient (Wildman–Crippen LogP) is 3.78. The Morgan fingerprint density at radius 2 is 2.00 bits per heavy atom. The molecule has 1 aromatic carbocycles. The molecule has 0 radical (unpaired) electrons. The van der Waals surface area contributed by atoms with Crippen LogP contribution in [-0.2, 0) is 11.2 Å². The van der Waals surface area contributed by atoms with Gasteiger partial charge in [0.1, 0.15) is 11.5 Å². The minimum atomic E-state index is -0.0959. The van der Waals surface area contributed by atoms with Crippen molar-refractivity contribution in [3.63, 3.8) is 0 Å². The van der Waals surface area contributed by atoms with Crippen LogP contribution in [0.5, 0.6) is 5.75 Å². The summed E-state index contributed by atoms with van der Waals surface area (Å²) in [6.45, 7) is 2.13. The number of benzene rings is 1. The second kappa shape index (κ2) is 5.55. The van der Waals surface area contributed by atoms with Gasteiger partial charge < -0.3 is 4.74 Å². The monoisotopic (exact) mass is 246 g/mol. The molecule has 0 heterocycles. The Kier molecular flexibility index (Phi) is 4.05. The molecule has 1 aliphatic rings. The van der Waals surface area contributed by atoms with E-state index in [1.165, 1.54) is 19.3 Å². The largest absolute Gasteiger partial charge is 0.497 e. The molecule has 1 aromatic rings. The molecule has 0 aromatic heterocycles. The third-order valence-corrected chi connectivity index (χ3v) is 4.13. The van der Waals surface area contributed by atoms with Crippen LogP contribution >= 0.6 is 0 Å². The summed E-state index contributed by atoms with van der Waals surface area (Å²) >= 11 is 0. The number of methoxy groups -OCH3 is 1. The number of rotatable bonds is 4. The Bertz CT molecular complexity index is 417. The fourth-order valence-electron chi connectivity index (χ4n) is 2.79. The summed E-state index contributed by atoms with van der Waals surface area (Å²) in [5, 5.41) is 0. The highest BCUT2D eigenvalue weighted by molar-refractivity contribution is 5.86. The van der Waals surface area contributed by atoms with Crippen LogP contribution in [0, 0.1) is 5.41 Å². The SMILES string of the molecule is COc1cccc(CC(=O)C2(C)CCCCC2)c1. The van der Waals surface area contributed by atoms with Crippen LogP contribution in [0.3, 0.4) is 0 Å². The van der Waals surface area contributed by atoms with Crippen LogP contribution in [0.2, 0.25) is 0 Å². The second-order valence-electron chi connectivity index (χ2n) is 5.57. The minimum absolute atomic E-state index is 0.0959. The van der Waals surface area contributed by atoms with E-state index < -0.39 is 0 Å². The predicted molar refractivity (Wildman–Crippen MR) is 72.9 cm³/mol. The molecule has 1 fully saturated rings. The van der Waals surface area contributed by atoms with E-state index in [1.54, 1.807) is 7.11 Å². The summed E-state index contributed by atoms with van der Waals surface area (Å²) < 4.78 is 5.20. The van der Waals surface area contributed by atoms with E-state index in [-0.39, 0.29) is 5.41 Å². The molecule has 2 nitrogen and oxygen atoms in total. The van der Waals surface area contributed by atoms with Gasteiger partial charge in [-0.05, 0) is 30.5 Å². The molecule has 1 aliphatic carbocycles. The molecule has 0 saturated heterocycles. The van der Waals surface area contributed by atoms with E-state index in [1.807, 2.05) is 24.3 Å². The van der Waals surface area contributed by atoms with Crippen molar-refractivity contribution in [3.8, 4) is 5.75 Å². The van der Waals surface area contributed by atoms with Gasteiger partial charge in [-0.3, -0.25) is 4.79 Å². The number of ketones is 1. The molecular weight excluding hydrogens is 224 g/mol. The van der Waals surface area contributed by atoms with Crippen LogP contribution in [0.1, 0.15) is 44.6 Å². The van der Waals surface area contributed by atoms with Crippen molar-refractivity contribution in [2.45, 2.75) is 45.4 Å². The smallest absolute Gasteiger partial charge is 0.143 e. The van der Waals surface area contributed by atoms with Gasteiger partial charge in [-0.2, -0.15) is 0 Å². The molecule has 2 rings (SSSR count). The summed E-state index contributed by atoms with van der Waals surface area (Å²) in [6.07, 6.45) is 6.31. The van der Waals surface area contributed by atoms with Crippen molar-refractivity contribution in [2.75, 3.05) is 7.11 Å². The third kappa shape index (κ3) is 2.92. The molecule has 0 spiro atoms. The molecule has 0 atom stereocenters. The standard InChI is InChI=1S/C16H22O2/c1-16(9-4-3-5-10-16)15(17)12-13-7-6-8-14(11-13)18-2/h6-8,11H,3-5,9-10,12H2,1-2H3. The van der Waals surface area contributed by atoms with Crippen LogP contribution in [-0.4, -0.2) is 12.9 Å². The summed E-state index contributed by atoms with van der Waals surface area (Å²) in [5.41, 5.74) is 0.965. The highest BCUT2D eigenvalue weighted by Gasteiger charge is 2.33. The first-order valence-corrected chi connectivity index (χ1v) is 6.80. The molecule has 18 heavy (non-hydrogen) atoms. The Balaban J connectivity index is 2.05. The summed E-state index contributed by atoms with van der Waals surface area (Å²) in [7, 11) is 1.66. The lowest BCUT2D eigenvalue weighted by Gasteiger charge is -2.32. The molecule has 98 valence electrons. The maximum atomic E-state index is 12.4.